The van der Waals surface area contributed by atoms with Crippen LogP contribution in [0.1, 0.15) is 106 Å². The van der Waals surface area contributed by atoms with Crippen LogP contribution in [0.3, 0.4) is 0 Å². The van der Waals surface area contributed by atoms with Crippen LogP contribution in [-0.4, -0.2) is 35.3 Å². The molecule has 0 radical (unpaired) electrons. The van der Waals surface area contributed by atoms with Gasteiger partial charge in [0, 0.05) is 20.9 Å². The van der Waals surface area contributed by atoms with Gasteiger partial charge in [-0.1, -0.05) is 57.5 Å². The van der Waals surface area contributed by atoms with Crippen LogP contribution in [0, 0.1) is 0 Å². The van der Waals surface area contributed by atoms with Crippen molar-refractivity contribution >= 4 is 56.0 Å². The molecule has 3 aliphatic heterocycles. The summed E-state index contributed by atoms with van der Waals surface area (Å²) in [5.41, 5.74) is 4.05. The lowest BCUT2D eigenvalue weighted by molar-refractivity contribution is -0.128. The number of fused-ring (bicyclic) bond motifs is 3. The number of ether oxygens (including phenoxy) is 2. The van der Waals surface area contributed by atoms with Gasteiger partial charge in [0.1, 0.15) is 22.7 Å². The predicted molar refractivity (Wildman–Crippen MR) is 173 cm³/mol. The number of amides is 4. The average Bonchev–Trinajstić information content (AvgIpc) is 3.17. The first-order chi connectivity index (χ1) is 21.1. The van der Waals surface area contributed by atoms with E-state index in [1.807, 2.05) is 36.4 Å². The lowest BCUT2D eigenvalue weighted by Crippen LogP contribution is -2.55. The molecule has 2 aliphatic carbocycles. The van der Waals surface area contributed by atoms with Crippen LogP contribution in [0.25, 0.3) is 0 Å². The summed E-state index contributed by atoms with van der Waals surface area (Å²) in [6, 6.07) is 11.0. The third-order valence-electron chi connectivity index (χ3n) is 9.34. The SMILES string of the molecule is NC=O.O=C1CC2(CCCCCC2)Oc2ccc(Br)cc21.O=C1NC(=O)C2(CC3(CCCCCC3)Oc3ccc(Br)cc32)N1. The molecule has 5 aliphatic rings. The molecule has 1 unspecified atom stereocenters. The standard InChI is InChI=1S/C17H19BrN2O3.C15H17BrO2.CH3NO/c18-11-5-6-13-12(9-11)17(14(21)19-15(22)20-17)10-16(23-13)7-3-1-2-4-8-16;16-11-5-6-14-12(9-11)13(17)10-15(18-14)7-3-1-2-4-8-15;2-1-3/h5-6,9H,1-4,7-8,10H2,(H2,19,20,21,22);5-6,9H,1-4,7-8,10H2;1H,(H2,2,3). The Labute approximate surface area is 274 Å². The van der Waals surface area contributed by atoms with E-state index in [1.165, 1.54) is 38.5 Å². The molecule has 44 heavy (non-hydrogen) atoms. The molecule has 3 fully saturated rings. The lowest BCUT2D eigenvalue weighted by Gasteiger charge is -2.45. The van der Waals surface area contributed by atoms with Crippen molar-refractivity contribution in [2.45, 2.75) is 107 Å². The summed E-state index contributed by atoms with van der Waals surface area (Å²) < 4.78 is 14.4. The van der Waals surface area contributed by atoms with Gasteiger partial charge in [0.15, 0.2) is 11.3 Å². The number of nitrogens with one attached hydrogen (secondary N) is 2. The van der Waals surface area contributed by atoms with Gasteiger partial charge in [-0.15, -0.1) is 0 Å². The van der Waals surface area contributed by atoms with Gasteiger partial charge in [0.2, 0.25) is 6.41 Å². The first kappa shape index (κ1) is 32.5. The van der Waals surface area contributed by atoms with Crippen molar-refractivity contribution in [3.8, 4) is 11.5 Å². The second-order valence-corrected chi connectivity index (χ2v) is 14.2. The van der Waals surface area contributed by atoms with Crippen LogP contribution in [0.4, 0.5) is 4.79 Å². The summed E-state index contributed by atoms with van der Waals surface area (Å²) in [5.74, 6) is 1.45. The Morgan fingerprint density at radius 2 is 1.27 bits per heavy atom. The normalized spacial score (nSPS) is 24.4. The number of primary amides is 1. The molecule has 0 aromatic heterocycles. The molecule has 2 saturated carbocycles. The number of imide groups is 1. The van der Waals surface area contributed by atoms with E-state index in [4.69, 9.17) is 14.3 Å². The van der Waals surface area contributed by atoms with Gasteiger partial charge in [-0.2, -0.15) is 0 Å². The molecule has 7 rings (SSSR count). The number of hydrogen-bond donors (Lipinski definition) is 3. The Balaban J connectivity index is 0.000000164. The van der Waals surface area contributed by atoms with E-state index in [0.29, 0.717) is 18.6 Å². The second-order valence-electron chi connectivity index (χ2n) is 12.4. The Morgan fingerprint density at radius 3 is 1.84 bits per heavy atom. The van der Waals surface area contributed by atoms with Crippen molar-refractivity contribution in [3.63, 3.8) is 0 Å². The summed E-state index contributed by atoms with van der Waals surface area (Å²) in [4.78, 5) is 45.5. The van der Waals surface area contributed by atoms with Gasteiger partial charge in [-0.05, 0) is 87.8 Å². The van der Waals surface area contributed by atoms with Crippen molar-refractivity contribution in [3.05, 3.63) is 56.5 Å². The third kappa shape index (κ3) is 6.83. The minimum Gasteiger partial charge on any atom is -0.487 e. The van der Waals surface area contributed by atoms with E-state index >= 15 is 0 Å². The number of urea groups is 1. The minimum atomic E-state index is -1.02. The van der Waals surface area contributed by atoms with Crippen LogP contribution in [-0.2, 0) is 15.1 Å². The predicted octanol–water partition coefficient (Wildman–Crippen LogP) is 6.97. The van der Waals surface area contributed by atoms with Crippen molar-refractivity contribution in [2.75, 3.05) is 0 Å². The highest BCUT2D eigenvalue weighted by Crippen LogP contribution is 2.50. The first-order valence-electron chi connectivity index (χ1n) is 15.4. The van der Waals surface area contributed by atoms with Gasteiger partial charge in [0.25, 0.3) is 5.91 Å². The Morgan fingerprint density at radius 1 is 0.750 bits per heavy atom. The summed E-state index contributed by atoms with van der Waals surface area (Å²) in [6.45, 7) is 0. The zero-order chi connectivity index (χ0) is 31.4. The molecular formula is C33H39Br2N3O6. The number of ketones is 1. The van der Waals surface area contributed by atoms with Gasteiger partial charge < -0.3 is 20.5 Å². The van der Waals surface area contributed by atoms with Crippen LogP contribution >= 0.6 is 31.9 Å². The molecule has 236 valence electrons. The number of halogens is 2. The fourth-order valence-corrected chi connectivity index (χ4v) is 8.07. The maximum atomic E-state index is 12.7. The second kappa shape index (κ2) is 13.6. The highest BCUT2D eigenvalue weighted by atomic mass is 79.9. The molecule has 1 atom stereocenters. The number of Topliss-reactive ketones (excluding diaryl/α,β-unsaturated/α-hetero) is 1. The van der Waals surface area contributed by atoms with Crippen LogP contribution in [0.2, 0.25) is 0 Å². The number of hydrogen-bond acceptors (Lipinski definition) is 6. The average molecular weight is 733 g/mol. The van der Waals surface area contributed by atoms with E-state index in [2.05, 4.69) is 48.2 Å². The van der Waals surface area contributed by atoms with E-state index in [9.17, 15) is 14.4 Å². The topological polar surface area (TPSA) is 137 Å². The smallest absolute Gasteiger partial charge is 0.322 e. The zero-order valence-electron chi connectivity index (χ0n) is 24.7. The molecule has 3 spiro atoms. The lowest BCUT2D eigenvalue weighted by atomic mass is 9.73. The number of carbonyl (C=O) groups excluding carboxylic acids is 4. The highest BCUT2D eigenvalue weighted by Gasteiger charge is 2.57. The molecular weight excluding hydrogens is 694 g/mol. The molecule has 4 amide bonds. The Bertz CT molecular complexity index is 1420. The number of rotatable bonds is 0. The van der Waals surface area contributed by atoms with Crippen LogP contribution < -0.4 is 25.8 Å². The van der Waals surface area contributed by atoms with Gasteiger partial charge in [-0.3, -0.25) is 19.7 Å². The van der Waals surface area contributed by atoms with Crippen LogP contribution in [0.15, 0.2) is 45.3 Å². The fraction of sp³-hybridized carbons (Fsp3) is 0.515. The largest absolute Gasteiger partial charge is 0.487 e. The fourth-order valence-electron chi connectivity index (χ4n) is 7.35. The van der Waals surface area contributed by atoms with Crippen LogP contribution in [0.5, 0.6) is 11.5 Å². The van der Waals surface area contributed by atoms with Crippen molar-refractivity contribution in [1.82, 2.24) is 10.6 Å². The number of benzene rings is 2. The molecule has 3 heterocycles. The monoisotopic (exact) mass is 731 g/mol. The molecule has 11 heteroatoms. The Hall–Kier alpha value is -2.92. The van der Waals surface area contributed by atoms with Crippen molar-refractivity contribution in [2.24, 2.45) is 5.73 Å². The van der Waals surface area contributed by atoms with E-state index < -0.39 is 11.6 Å². The van der Waals surface area contributed by atoms with Gasteiger partial charge in [-0.25, -0.2) is 4.79 Å². The Kier molecular flexibility index (Phi) is 10.0. The third-order valence-corrected chi connectivity index (χ3v) is 10.3. The molecule has 1 saturated heterocycles. The summed E-state index contributed by atoms with van der Waals surface area (Å²) in [6.07, 6.45) is 14.7. The van der Waals surface area contributed by atoms with Crippen molar-refractivity contribution in [1.29, 1.82) is 0 Å². The van der Waals surface area contributed by atoms with E-state index in [-0.39, 0.29) is 29.3 Å². The molecule has 2 aromatic carbocycles. The minimum absolute atomic E-state index is 0.214. The maximum absolute atomic E-state index is 12.7. The first-order valence-corrected chi connectivity index (χ1v) is 17.0. The van der Waals surface area contributed by atoms with Gasteiger partial charge >= 0.3 is 6.03 Å². The number of carbonyl (C=O) groups is 4. The molecule has 2 aromatic rings. The summed E-state index contributed by atoms with van der Waals surface area (Å²) in [7, 11) is 0. The highest BCUT2D eigenvalue weighted by molar-refractivity contribution is 9.10. The molecule has 9 nitrogen and oxygen atoms in total. The van der Waals surface area contributed by atoms with Gasteiger partial charge in [0.05, 0.1) is 12.0 Å². The molecule has 0 bridgehead atoms. The van der Waals surface area contributed by atoms with E-state index in [1.54, 1.807) is 0 Å². The zero-order valence-corrected chi connectivity index (χ0v) is 27.9. The summed E-state index contributed by atoms with van der Waals surface area (Å²) >= 11 is 6.87. The van der Waals surface area contributed by atoms with E-state index in [0.717, 1.165) is 64.3 Å². The maximum Gasteiger partial charge on any atom is 0.322 e. The quantitative estimate of drug-likeness (QED) is 0.198. The van der Waals surface area contributed by atoms with Crippen molar-refractivity contribution < 1.29 is 28.7 Å². The summed E-state index contributed by atoms with van der Waals surface area (Å²) in [5, 5.41) is 5.31. The molecule has 4 N–H and O–H groups in total. The number of nitrogens with two attached hydrogens (primary N) is 1.